The smallest absolute Gasteiger partial charge is 0.264 e. The molecule has 0 aliphatic carbocycles. The molecule has 2 aromatic heterocycles. The van der Waals surface area contributed by atoms with Crippen LogP contribution in [0.3, 0.4) is 0 Å². The highest BCUT2D eigenvalue weighted by Gasteiger charge is 2.22. The number of pyridine rings is 1. The molecule has 2 heterocycles. The molecule has 0 radical (unpaired) electrons. The number of nitrogens with two attached hydrogens (primary N) is 1. The van der Waals surface area contributed by atoms with Gasteiger partial charge in [0, 0.05) is 5.41 Å². The normalized spacial score (nSPS) is 11.3. The van der Waals surface area contributed by atoms with Gasteiger partial charge in [-0.1, -0.05) is 20.8 Å². The average Bonchev–Trinajstić information content (AvgIpc) is 2.39. The number of aryl methyl sites for hydroxylation is 1. The van der Waals surface area contributed by atoms with E-state index in [1.807, 2.05) is 20.8 Å². The van der Waals surface area contributed by atoms with Crippen LogP contribution in [0.1, 0.15) is 42.6 Å². The van der Waals surface area contributed by atoms with E-state index in [0.29, 0.717) is 23.0 Å². The summed E-state index contributed by atoms with van der Waals surface area (Å²) in [4.78, 5) is 35.4. The summed E-state index contributed by atoms with van der Waals surface area (Å²) in [5.74, 6) is 0.363. The van der Waals surface area contributed by atoms with Crippen molar-refractivity contribution in [3.63, 3.8) is 0 Å². The van der Waals surface area contributed by atoms with E-state index in [1.54, 1.807) is 19.1 Å². The molecule has 1 amide bonds. The molecule has 0 aliphatic heterocycles. The van der Waals surface area contributed by atoms with Crippen LogP contribution in [0, 0.1) is 6.92 Å². The van der Waals surface area contributed by atoms with Crippen LogP contribution in [0.5, 0.6) is 0 Å². The van der Waals surface area contributed by atoms with E-state index in [0.717, 1.165) is 0 Å². The zero-order valence-corrected chi connectivity index (χ0v) is 13.0. The van der Waals surface area contributed by atoms with Gasteiger partial charge in [0.2, 0.25) is 0 Å². The van der Waals surface area contributed by atoms with Crippen LogP contribution in [0.4, 0.5) is 11.5 Å². The Morgan fingerprint density at radius 1 is 1.32 bits per heavy atom. The van der Waals surface area contributed by atoms with Gasteiger partial charge in [-0.15, -0.1) is 0 Å². The molecule has 7 nitrogen and oxygen atoms in total. The quantitative estimate of drug-likeness (QED) is 0.779. The lowest BCUT2D eigenvalue weighted by atomic mass is 9.95. The second-order valence-electron chi connectivity index (χ2n) is 6.05. The Morgan fingerprint density at radius 2 is 2.00 bits per heavy atom. The summed E-state index contributed by atoms with van der Waals surface area (Å²) in [5, 5.41) is 2.61. The molecule has 0 aliphatic rings. The van der Waals surface area contributed by atoms with Crippen molar-refractivity contribution in [3.05, 3.63) is 45.8 Å². The molecule has 0 aromatic carbocycles. The number of anilines is 2. The number of hydrogen-bond acceptors (Lipinski definition) is 5. The first kappa shape index (κ1) is 15.7. The minimum absolute atomic E-state index is 0.00942. The number of carbonyl (C=O) groups excluding carboxylic acids is 1. The molecule has 0 bridgehead atoms. The third kappa shape index (κ3) is 3.30. The van der Waals surface area contributed by atoms with Crippen LogP contribution in [0.2, 0.25) is 0 Å². The first-order valence-corrected chi connectivity index (χ1v) is 6.83. The molecule has 0 fully saturated rings. The van der Waals surface area contributed by atoms with Crippen LogP contribution in [-0.2, 0) is 5.41 Å². The third-order valence-corrected chi connectivity index (χ3v) is 3.08. The van der Waals surface area contributed by atoms with Gasteiger partial charge in [-0.3, -0.25) is 9.59 Å². The van der Waals surface area contributed by atoms with E-state index < -0.39 is 11.5 Å². The fraction of sp³-hybridized carbons (Fsp3) is 0.333. The maximum atomic E-state index is 12.3. The van der Waals surface area contributed by atoms with Crippen molar-refractivity contribution >= 4 is 17.4 Å². The van der Waals surface area contributed by atoms with Gasteiger partial charge in [0.1, 0.15) is 17.2 Å². The van der Waals surface area contributed by atoms with E-state index in [-0.39, 0.29) is 11.0 Å². The zero-order valence-electron chi connectivity index (χ0n) is 13.0. The summed E-state index contributed by atoms with van der Waals surface area (Å²) in [7, 11) is 0. The fourth-order valence-corrected chi connectivity index (χ4v) is 1.88. The van der Waals surface area contributed by atoms with Crippen molar-refractivity contribution in [3.8, 4) is 0 Å². The van der Waals surface area contributed by atoms with Gasteiger partial charge in [0.15, 0.2) is 0 Å². The van der Waals surface area contributed by atoms with Gasteiger partial charge in [-0.2, -0.15) is 0 Å². The predicted molar refractivity (Wildman–Crippen MR) is 84.9 cm³/mol. The molecule has 116 valence electrons. The molecule has 0 spiro atoms. The van der Waals surface area contributed by atoms with E-state index in [1.165, 1.54) is 6.20 Å². The SMILES string of the molecule is Cc1nc(C(C)(C)C)[nH]c(=O)c1C(=O)Nc1ccc(N)nc1. The Morgan fingerprint density at radius 3 is 2.50 bits per heavy atom. The van der Waals surface area contributed by atoms with Crippen molar-refractivity contribution in [2.75, 3.05) is 11.1 Å². The molecular weight excluding hydrogens is 282 g/mol. The van der Waals surface area contributed by atoms with E-state index in [4.69, 9.17) is 5.73 Å². The number of H-pyrrole nitrogens is 1. The minimum Gasteiger partial charge on any atom is -0.384 e. The summed E-state index contributed by atoms with van der Waals surface area (Å²) in [6.45, 7) is 7.44. The lowest BCUT2D eigenvalue weighted by Crippen LogP contribution is -2.30. The minimum atomic E-state index is -0.529. The number of nitrogen functional groups attached to an aromatic ring is 1. The molecule has 22 heavy (non-hydrogen) atoms. The molecule has 2 rings (SSSR count). The highest BCUT2D eigenvalue weighted by Crippen LogP contribution is 2.17. The maximum Gasteiger partial charge on any atom is 0.264 e. The van der Waals surface area contributed by atoms with Crippen LogP contribution in [0.25, 0.3) is 0 Å². The van der Waals surface area contributed by atoms with Gasteiger partial charge < -0.3 is 16.0 Å². The van der Waals surface area contributed by atoms with Crippen molar-refractivity contribution in [2.45, 2.75) is 33.1 Å². The van der Waals surface area contributed by atoms with Crippen molar-refractivity contribution < 1.29 is 4.79 Å². The van der Waals surface area contributed by atoms with Crippen LogP contribution in [-0.4, -0.2) is 20.9 Å². The number of aromatic nitrogens is 3. The Kier molecular flexibility index (Phi) is 3.99. The number of hydrogen-bond donors (Lipinski definition) is 3. The van der Waals surface area contributed by atoms with E-state index in [9.17, 15) is 9.59 Å². The number of rotatable bonds is 2. The predicted octanol–water partition coefficient (Wildman–Crippen LogP) is 1.61. The van der Waals surface area contributed by atoms with Crippen LogP contribution < -0.4 is 16.6 Å². The summed E-state index contributed by atoms with van der Waals surface area (Å²) in [5.41, 5.74) is 5.55. The number of amides is 1. The van der Waals surface area contributed by atoms with Crippen LogP contribution >= 0.6 is 0 Å². The van der Waals surface area contributed by atoms with Crippen LogP contribution in [0.15, 0.2) is 23.1 Å². The molecular formula is C15H19N5O2. The standard InChI is InChI=1S/C15H19N5O2/c1-8-11(13(22)20-14(18-8)15(2,3)4)12(21)19-9-5-6-10(16)17-7-9/h5-7H,1-4H3,(H2,16,17)(H,19,21)(H,18,20,22). The van der Waals surface area contributed by atoms with Crippen molar-refractivity contribution in [2.24, 2.45) is 0 Å². The van der Waals surface area contributed by atoms with Gasteiger partial charge in [-0.25, -0.2) is 9.97 Å². The Balaban J connectivity index is 2.34. The number of nitrogens with one attached hydrogen (secondary N) is 2. The number of carbonyl (C=O) groups is 1. The largest absolute Gasteiger partial charge is 0.384 e. The van der Waals surface area contributed by atoms with Gasteiger partial charge >= 0.3 is 0 Å². The molecule has 0 saturated carbocycles. The Labute approximate surface area is 128 Å². The molecule has 7 heteroatoms. The van der Waals surface area contributed by atoms with E-state index >= 15 is 0 Å². The fourth-order valence-electron chi connectivity index (χ4n) is 1.88. The lowest BCUT2D eigenvalue weighted by Gasteiger charge is -2.18. The molecule has 0 saturated heterocycles. The highest BCUT2D eigenvalue weighted by molar-refractivity contribution is 6.04. The first-order chi connectivity index (χ1) is 10.2. The van der Waals surface area contributed by atoms with Crippen molar-refractivity contribution in [1.82, 2.24) is 15.0 Å². The first-order valence-electron chi connectivity index (χ1n) is 6.83. The molecule has 4 N–H and O–H groups in total. The third-order valence-electron chi connectivity index (χ3n) is 3.08. The average molecular weight is 301 g/mol. The Bertz CT molecular complexity index is 757. The topological polar surface area (TPSA) is 114 Å². The Hall–Kier alpha value is -2.70. The summed E-state index contributed by atoms with van der Waals surface area (Å²) >= 11 is 0. The number of aromatic amines is 1. The zero-order chi connectivity index (χ0) is 16.5. The summed E-state index contributed by atoms with van der Waals surface area (Å²) in [6.07, 6.45) is 1.42. The summed E-state index contributed by atoms with van der Waals surface area (Å²) in [6, 6.07) is 3.17. The van der Waals surface area contributed by atoms with E-state index in [2.05, 4.69) is 20.3 Å². The highest BCUT2D eigenvalue weighted by atomic mass is 16.2. The monoisotopic (exact) mass is 301 g/mol. The second kappa shape index (κ2) is 5.59. The lowest BCUT2D eigenvalue weighted by molar-refractivity contribution is 0.102. The van der Waals surface area contributed by atoms with Gasteiger partial charge in [0.05, 0.1) is 17.6 Å². The van der Waals surface area contributed by atoms with Gasteiger partial charge in [-0.05, 0) is 19.1 Å². The van der Waals surface area contributed by atoms with Gasteiger partial charge in [0.25, 0.3) is 11.5 Å². The molecule has 0 atom stereocenters. The molecule has 0 unspecified atom stereocenters. The van der Waals surface area contributed by atoms with Crippen molar-refractivity contribution in [1.29, 1.82) is 0 Å². The maximum absolute atomic E-state index is 12.3. The second-order valence-corrected chi connectivity index (χ2v) is 6.05. The summed E-state index contributed by atoms with van der Waals surface area (Å²) < 4.78 is 0. The molecule has 2 aromatic rings. The number of nitrogens with zero attached hydrogens (tertiary/aromatic N) is 2.